The summed E-state index contributed by atoms with van der Waals surface area (Å²) in [5, 5.41) is 3.59. The van der Waals surface area contributed by atoms with Gasteiger partial charge in [-0.15, -0.1) is 0 Å². The first-order chi connectivity index (χ1) is 19.6. The molecule has 0 radical (unpaired) electrons. The summed E-state index contributed by atoms with van der Waals surface area (Å²) in [5.74, 6) is -2.01. The zero-order valence-corrected chi connectivity index (χ0v) is 26.5. The maximum absolute atomic E-state index is 14.9. The Hall–Kier alpha value is -3.18. The van der Waals surface area contributed by atoms with Crippen molar-refractivity contribution in [1.29, 1.82) is 0 Å². The van der Waals surface area contributed by atoms with E-state index in [0.717, 1.165) is 15.9 Å². The first-order valence-corrected chi connectivity index (χ1v) is 15.3. The highest BCUT2D eigenvalue weighted by Crippen LogP contribution is 2.27. The molecule has 0 fully saturated rings. The van der Waals surface area contributed by atoms with Gasteiger partial charge in [0.2, 0.25) is 11.8 Å². The second-order valence-corrected chi connectivity index (χ2v) is 13.9. The van der Waals surface area contributed by atoms with Gasteiger partial charge in [-0.3, -0.25) is 9.59 Å². The van der Waals surface area contributed by atoms with Crippen molar-refractivity contribution in [3.63, 3.8) is 0 Å². The summed E-state index contributed by atoms with van der Waals surface area (Å²) in [6.07, 6.45) is 0.125. The van der Waals surface area contributed by atoms with Crippen molar-refractivity contribution in [2.45, 2.75) is 45.3 Å². The average molecular weight is 638 g/mol. The van der Waals surface area contributed by atoms with Crippen LogP contribution in [-0.2, 0) is 32.8 Å². The lowest BCUT2D eigenvalue weighted by Crippen LogP contribution is -2.56. The van der Waals surface area contributed by atoms with Crippen LogP contribution in [0.15, 0.2) is 72.8 Å². The average Bonchev–Trinajstić information content (AvgIpc) is 2.90. The second-order valence-electron chi connectivity index (χ2n) is 11.0. The van der Waals surface area contributed by atoms with E-state index in [1.54, 1.807) is 12.1 Å². The summed E-state index contributed by atoms with van der Waals surface area (Å²) < 4.78 is 43.3. The zero-order chi connectivity index (χ0) is 31.2. The summed E-state index contributed by atoms with van der Waals surface area (Å²) in [4.78, 5) is 29.3. The van der Waals surface area contributed by atoms with Crippen molar-refractivity contribution in [2.24, 2.45) is 0 Å². The molecule has 42 heavy (non-hydrogen) atoms. The minimum absolute atomic E-state index is 0.125. The second kappa shape index (κ2) is 13.9. The van der Waals surface area contributed by atoms with Crippen molar-refractivity contribution in [3.8, 4) is 0 Å². The molecule has 8 nitrogen and oxygen atoms in total. The number of carbonyl (C=O) groups excluding carboxylic acids is 2. The summed E-state index contributed by atoms with van der Waals surface area (Å²) in [7, 11) is -1.76. The molecule has 3 aromatic carbocycles. The molecule has 3 aromatic rings. The lowest BCUT2D eigenvalue weighted by molar-refractivity contribution is -0.140. The molecule has 0 spiro atoms. The van der Waals surface area contributed by atoms with E-state index < -0.39 is 46.0 Å². The van der Waals surface area contributed by atoms with Crippen molar-refractivity contribution < 1.29 is 22.4 Å². The molecule has 1 unspecified atom stereocenters. The Labute approximate surface area is 257 Å². The monoisotopic (exact) mass is 636 g/mol. The Morgan fingerprint density at radius 2 is 1.57 bits per heavy atom. The third-order valence-electron chi connectivity index (χ3n) is 6.27. The van der Waals surface area contributed by atoms with Crippen molar-refractivity contribution in [3.05, 3.63) is 99.8 Å². The minimum atomic E-state index is -4.33. The lowest BCUT2D eigenvalue weighted by atomic mass is 10.0. The van der Waals surface area contributed by atoms with Crippen LogP contribution >= 0.6 is 23.2 Å². The van der Waals surface area contributed by atoms with Gasteiger partial charge in [0.25, 0.3) is 0 Å². The molecule has 1 N–H and O–H groups in total. The number of nitrogens with one attached hydrogen (secondary N) is 1. The molecule has 0 aliphatic rings. The molecule has 0 bridgehead atoms. The van der Waals surface area contributed by atoms with Gasteiger partial charge in [-0.1, -0.05) is 71.7 Å². The summed E-state index contributed by atoms with van der Waals surface area (Å²) >= 11 is 12.6. The molecule has 3 rings (SSSR count). The van der Waals surface area contributed by atoms with Crippen LogP contribution in [0.3, 0.4) is 0 Å². The van der Waals surface area contributed by atoms with Gasteiger partial charge in [0.05, 0.1) is 5.69 Å². The van der Waals surface area contributed by atoms with E-state index in [4.69, 9.17) is 23.2 Å². The fraction of sp³-hybridized carbons (Fsp3) is 0.333. The van der Waals surface area contributed by atoms with Crippen molar-refractivity contribution in [2.75, 3.05) is 24.9 Å². The first kappa shape index (κ1) is 33.3. The van der Waals surface area contributed by atoms with Crippen LogP contribution in [-0.4, -0.2) is 61.7 Å². The molecule has 0 saturated heterocycles. The lowest BCUT2D eigenvalue weighted by Gasteiger charge is -2.36. The summed E-state index contributed by atoms with van der Waals surface area (Å²) in [5.41, 5.74) is 0.330. The van der Waals surface area contributed by atoms with Crippen LogP contribution in [0.25, 0.3) is 0 Å². The number of amides is 2. The van der Waals surface area contributed by atoms with Gasteiger partial charge in [0.1, 0.15) is 18.4 Å². The fourth-order valence-electron chi connectivity index (χ4n) is 4.20. The number of anilines is 1. The van der Waals surface area contributed by atoms with Crippen molar-refractivity contribution >= 4 is 50.9 Å². The topological polar surface area (TPSA) is 90.0 Å². The molecule has 226 valence electrons. The van der Waals surface area contributed by atoms with E-state index in [1.165, 1.54) is 43.3 Å². The maximum atomic E-state index is 14.9. The SMILES string of the molecule is CN(C)S(=O)(=O)N(CC(=O)N(Cc1ccc(Cl)cc1Cl)C(Cc1ccccc1)C(=O)NC(C)(C)C)c1ccccc1F. The Bertz CT molecular complexity index is 1520. The van der Waals surface area contributed by atoms with E-state index >= 15 is 0 Å². The normalized spacial score (nSPS) is 12.6. The molecule has 2 amide bonds. The molecule has 0 heterocycles. The van der Waals surface area contributed by atoms with Gasteiger partial charge < -0.3 is 10.2 Å². The Morgan fingerprint density at radius 3 is 2.14 bits per heavy atom. The molecule has 0 saturated carbocycles. The third kappa shape index (κ3) is 8.67. The standard InChI is InChI=1S/C30H35Cl2FN4O4S/c1-30(2,3)34-29(39)27(17-21-11-7-6-8-12-21)36(19-22-15-16-23(31)18-24(22)32)28(38)20-37(42(40,41)35(4)5)26-14-10-9-13-25(26)33/h6-16,18,27H,17,19-20H2,1-5H3,(H,34,39). The maximum Gasteiger partial charge on any atom is 0.304 e. The minimum Gasteiger partial charge on any atom is -0.350 e. The van der Waals surface area contributed by atoms with E-state index in [-0.39, 0.29) is 23.7 Å². The predicted octanol–water partition coefficient (Wildman–Crippen LogP) is 5.30. The number of halogens is 3. The number of benzene rings is 3. The quantitative estimate of drug-likeness (QED) is 0.309. The molecule has 1 atom stereocenters. The Balaban J connectivity index is 2.15. The van der Waals surface area contributed by atoms with Crippen molar-refractivity contribution in [1.82, 2.24) is 14.5 Å². The third-order valence-corrected chi connectivity index (χ3v) is 8.66. The van der Waals surface area contributed by atoms with Crippen LogP contribution in [0.1, 0.15) is 31.9 Å². The van der Waals surface area contributed by atoms with E-state index in [9.17, 15) is 22.4 Å². The Morgan fingerprint density at radius 1 is 0.952 bits per heavy atom. The number of carbonyl (C=O) groups is 2. The highest BCUT2D eigenvalue weighted by molar-refractivity contribution is 7.90. The number of hydrogen-bond acceptors (Lipinski definition) is 4. The van der Waals surface area contributed by atoms with E-state index in [1.807, 2.05) is 51.1 Å². The van der Waals surface area contributed by atoms with Gasteiger partial charge in [-0.25, -0.2) is 8.70 Å². The van der Waals surface area contributed by atoms with Gasteiger partial charge >= 0.3 is 10.2 Å². The van der Waals surface area contributed by atoms with Crippen LogP contribution in [0.5, 0.6) is 0 Å². The summed E-state index contributed by atoms with van der Waals surface area (Å²) in [6.45, 7) is 4.53. The molecular weight excluding hydrogens is 602 g/mol. The fourth-order valence-corrected chi connectivity index (χ4v) is 5.73. The van der Waals surface area contributed by atoms with Crippen LogP contribution in [0.4, 0.5) is 10.1 Å². The number of nitrogens with zero attached hydrogens (tertiary/aromatic N) is 3. The van der Waals surface area contributed by atoms with Gasteiger partial charge in [-0.2, -0.15) is 12.7 Å². The van der Waals surface area contributed by atoms with Crippen LogP contribution < -0.4 is 9.62 Å². The highest BCUT2D eigenvalue weighted by atomic mass is 35.5. The molecule has 12 heteroatoms. The number of para-hydroxylation sites is 1. The zero-order valence-electron chi connectivity index (χ0n) is 24.1. The largest absolute Gasteiger partial charge is 0.350 e. The molecule has 0 aliphatic heterocycles. The molecular formula is C30H35Cl2FN4O4S. The number of rotatable bonds is 11. The van der Waals surface area contributed by atoms with Gasteiger partial charge in [0, 0.05) is 42.6 Å². The van der Waals surface area contributed by atoms with Crippen LogP contribution in [0, 0.1) is 5.82 Å². The predicted molar refractivity (Wildman–Crippen MR) is 165 cm³/mol. The number of hydrogen-bond donors (Lipinski definition) is 1. The van der Waals surface area contributed by atoms with Gasteiger partial charge in [-0.05, 0) is 56.2 Å². The van der Waals surface area contributed by atoms with E-state index in [2.05, 4.69) is 5.32 Å². The van der Waals surface area contributed by atoms with Gasteiger partial charge in [0.15, 0.2) is 0 Å². The molecule has 0 aromatic heterocycles. The highest BCUT2D eigenvalue weighted by Gasteiger charge is 2.36. The molecule has 0 aliphatic carbocycles. The Kier molecular flexibility index (Phi) is 11.0. The smallest absolute Gasteiger partial charge is 0.304 e. The first-order valence-electron chi connectivity index (χ1n) is 13.1. The summed E-state index contributed by atoms with van der Waals surface area (Å²) in [6, 6.07) is 18.1. The van der Waals surface area contributed by atoms with Crippen LogP contribution in [0.2, 0.25) is 10.0 Å². The van der Waals surface area contributed by atoms with E-state index in [0.29, 0.717) is 14.9 Å².